The lowest BCUT2D eigenvalue weighted by atomic mass is 10.0. The van der Waals surface area contributed by atoms with Crippen molar-refractivity contribution in [2.45, 2.75) is 31.3 Å². The van der Waals surface area contributed by atoms with Gasteiger partial charge in [-0.3, -0.25) is 19.7 Å². The van der Waals surface area contributed by atoms with Crippen molar-refractivity contribution in [2.24, 2.45) is 0 Å². The van der Waals surface area contributed by atoms with Gasteiger partial charge in [-0.25, -0.2) is 4.98 Å². The van der Waals surface area contributed by atoms with Crippen LogP contribution in [0.1, 0.15) is 34.3 Å². The van der Waals surface area contributed by atoms with Gasteiger partial charge in [0.25, 0.3) is 5.91 Å². The Morgan fingerprint density at radius 3 is 2.78 bits per heavy atom. The maximum absolute atomic E-state index is 12.7. The summed E-state index contributed by atoms with van der Waals surface area (Å²) >= 11 is 5.90. The number of carbonyl (C=O) groups excluding carboxylic acids is 3. The maximum Gasteiger partial charge on any atom is 0.255 e. The van der Waals surface area contributed by atoms with E-state index in [2.05, 4.69) is 10.3 Å². The number of alkyl halides is 1. The molecule has 0 saturated carbocycles. The zero-order valence-corrected chi connectivity index (χ0v) is 15.1. The highest BCUT2D eigenvalue weighted by molar-refractivity contribution is 6.17. The molecular weight excluding hydrogens is 368 g/mol. The van der Waals surface area contributed by atoms with Crippen LogP contribution in [0, 0.1) is 0 Å². The van der Waals surface area contributed by atoms with Crippen LogP contribution in [0.4, 0.5) is 5.82 Å². The molecule has 0 spiro atoms. The minimum atomic E-state index is -0.626. The second-order valence-electron chi connectivity index (χ2n) is 6.69. The van der Waals surface area contributed by atoms with E-state index in [1.54, 1.807) is 12.1 Å². The number of nitrogens with two attached hydrogens (primary N) is 1. The molecule has 0 bridgehead atoms. The minimum Gasteiger partial charge on any atom is -0.384 e. The molecule has 2 aliphatic heterocycles. The Balaban J connectivity index is 1.64. The number of nitrogens with zero attached hydrogens (tertiary/aromatic N) is 2. The Labute approximate surface area is 160 Å². The number of piperidine rings is 1. The molecule has 4 rings (SSSR count). The van der Waals surface area contributed by atoms with Crippen molar-refractivity contribution in [1.29, 1.82) is 0 Å². The average molecular weight is 385 g/mol. The molecule has 0 radical (unpaired) electrons. The predicted octanol–water partition coefficient (Wildman–Crippen LogP) is 1.83. The van der Waals surface area contributed by atoms with E-state index in [1.165, 1.54) is 4.90 Å². The van der Waals surface area contributed by atoms with Gasteiger partial charge in [0.1, 0.15) is 11.9 Å². The smallest absolute Gasteiger partial charge is 0.255 e. The molecule has 1 unspecified atom stereocenters. The van der Waals surface area contributed by atoms with Gasteiger partial charge in [-0.05, 0) is 41.8 Å². The molecule has 3 N–H and O–H groups in total. The minimum absolute atomic E-state index is 0.201. The highest BCUT2D eigenvalue weighted by Crippen LogP contribution is 2.31. The fourth-order valence-corrected chi connectivity index (χ4v) is 3.72. The first-order valence-corrected chi connectivity index (χ1v) is 9.10. The number of hydrogen-bond donors (Lipinski definition) is 2. The summed E-state index contributed by atoms with van der Waals surface area (Å²) in [5.41, 5.74) is 9.59. The number of halogens is 1. The number of carbonyl (C=O) groups is 3. The van der Waals surface area contributed by atoms with Crippen LogP contribution in [-0.2, 0) is 22.0 Å². The third kappa shape index (κ3) is 3.14. The molecule has 1 atom stereocenters. The first-order chi connectivity index (χ1) is 13.0. The number of anilines is 1. The summed E-state index contributed by atoms with van der Waals surface area (Å²) < 4.78 is 0. The molecule has 138 valence electrons. The number of rotatable bonds is 3. The van der Waals surface area contributed by atoms with Crippen LogP contribution in [0.5, 0.6) is 0 Å². The van der Waals surface area contributed by atoms with Crippen LogP contribution >= 0.6 is 11.6 Å². The maximum atomic E-state index is 12.7. The number of nitrogens with one attached hydrogen (secondary N) is 1. The van der Waals surface area contributed by atoms with E-state index in [-0.39, 0.29) is 18.2 Å². The Hall–Kier alpha value is -2.93. The molecule has 27 heavy (non-hydrogen) atoms. The Morgan fingerprint density at radius 2 is 2.04 bits per heavy atom. The van der Waals surface area contributed by atoms with Crippen molar-refractivity contribution in [3.8, 4) is 11.3 Å². The van der Waals surface area contributed by atoms with E-state index in [0.717, 1.165) is 16.7 Å². The predicted molar refractivity (Wildman–Crippen MR) is 99.7 cm³/mol. The van der Waals surface area contributed by atoms with Gasteiger partial charge in [0, 0.05) is 30.0 Å². The summed E-state index contributed by atoms with van der Waals surface area (Å²) in [5.74, 6) is -0.216. The van der Waals surface area contributed by atoms with E-state index in [1.807, 2.05) is 18.2 Å². The number of amides is 3. The quantitative estimate of drug-likeness (QED) is 0.620. The fraction of sp³-hybridized carbons (Fsp3) is 0.263. The molecule has 1 aromatic carbocycles. The topological polar surface area (TPSA) is 105 Å². The Kier molecular flexibility index (Phi) is 4.31. The number of hydrogen-bond acceptors (Lipinski definition) is 5. The second-order valence-corrected chi connectivity index (χ2v) is 6.96. The Bertz CT molecular complexity index is 975. The number of fused-ring (bicyclic) bond motifs is 1. The lowest BCUT2D eigenvalue weighted by Gasteiger charge is -2.29. The molecular formula is C19H17ClN4O3. The van der Waals surface area contributed by atoms with Crippen molar-refractivity contribution < 1.29 is 14.4 Å². The highest BCUT2D eigenvalue weighted by Gasteiger charge is 2.39. The molecule has 0 aliphatic carbocycles. The van der Waals surface area contributed by atoms with Crippen LogP contribution in [0.15, 0.2) is 30.3 Å². The number of pyridine rings is 1. The van der Waals surface area contributed by atoms with E-state index in [9.17, 15) is 14.4 Å². The van der Waals surface area contributed by atoms with E-state index in [0.29, 0.717) is 35.9 Å². The monoisotopic (exact) mass is 384 g/mol. The van der Waals surface area contributed by atoms with Gasteiger partial charge in [-0.1, -0.05) is 6.07 Å². The van der Waals surface area contributed by atoms with Crippen molar-refractivity contribution >= 4 is 35.1 Å². The normalized spacial score (nSPS) is 19.2. The molecule has 7 nitrogen and oxygen atoms in total. The number of nitrogen functional groups attached to an aromatic ring is 1. The average Bonchev–Trinajstić information content (AvgIpc) is 2.97. The van der Waals surface area contributed by atoms with Gasteiger partial charge in [-0.15, -0.1) is 11.6 Å². The zero-order chi connectivity index (χ0) is 19.1. The molecule has 3 heterocycles. The van der Waals surface area contributed by atoms with Crippen molar-refractivity contribution in [3.63, 3.8) is 0 Å². The molecule has 2 aliphatic rings. The first-order valence-electron chi connectivity index (χ1n) is 8.56. The van der Waals surface area contributed by atoms with Crippen LogP contribution in [0.25, 0.3) is 11.3 Å². The van der Waals surface area contributed by atoms with Gasteiger partial charge in [-0.2, -0.15) is 0 Å². The summed E-state index contributed by atoms with van der Waals surface area (Å²) in [6.07, 6.45) is 0.573. The van der Waals surface area contributed by atoms with Crippen molar-refractivity contribution in [1.82, 2.24) is 15.2 Å². The van der Waals surface area contributed by atoms with Gasteiger partial charge in [0.15, 0.2) is 0 Å². The summed E-state index contributed by atoms with van der Waals surface area (Å²) in [6, 6.07) is 8.39. The molecule has 1 saturated heterocycles. The zero-order valence-electron chi connectivity index (χ0n) is 14.4. The molecule has 3 amide bonds. The third-order valence-corrected chi connectivity index (χ3v) is 5.19. The van der Waals surface area contributed by atoms with Crippen LogP contribution in [0.2, 0.25) is 0 Å². The molecule has 2 aromatic rings. The van der Waals surface area contributed by atoms with Crippen LogP contribution in [-0.4, -0.2) is 33.6 Å². The standard InChI is InChI=1S/C19H17ClN4O3/c20-8-10-5-14(22-16(21)6-10)11-1-2-13-12(7-11)9-24(19(13)27)15-3-4-17(25)23-18(15)26/h1-2,5-7,15H,3-4,8-9H2,(H2,21,22)(H,23,25,26). The summed E-state index contributed by atoms with van der Waals surface area (Å²) in [4.78, 5) is 42.1. The second kappa shape index (κ2) is 6.66. The van der Waals surface area contributed by atoms with E-state index >= 15 is 0 Å². The largest absolute Gasteiger partial charge is 0.384 e. The number of imide groups is 1. The van der Waals surface area contributed by atoms with Crippen LogP contribution in [0.3, 0.4) is 0 Å². The summed E-state index contributed by atoms with van der Waals surface area (Å²) in [7, 11) is 0. The van der Waals surface area contributed by atoms with Gasteiger partial charge >= 0.3 is 0 Å². The van der Waals surface area contributed by atoms with Gasteiger partial charge in [0.05, 0.1) is 5.69 Å². The summed E-state index contributed by atoms with van der Waals surface area (Å²) in [5, 5.41) is 2.30. The molecule has 1 fully saturated rings. The summed E-state index contributed by atoms with van der Waals surface area (Å²) in [6.45, 7) is 0.318. The first kappa shape index (κ1) is 17.5. The van der Waals surface area contributed by atoms with Gasteiger partial charge < -0.3 is 10.6 Å². The number of aromatic nitrogens is 1. The fourth-order valence-electron chi connectivity index (χ4n) is 3.57. The SMILES string of the molecule is Nc1cc(CCl)cc(-c2ccc3c(c2)CN(C2CCC(=O)NC2=O)C3=O)n1. The number of benzene rings is 1. The van der Waals surface area contributed by atoms with E-state index < -0.39 is 11.9 Å². The lowest BCUT2D eigenvalue weighted by molar-refractivity contribution is -0.136. The van der Waals surface area contributed by atoms with E-state index in [4.69, 9.17) is 17.3 Å². The van der Waals surface area contributed by atoms with Gasteiger partial charge in [0.2, 0.25) is 11.8 Å². The van der Waals surface area contributed by atoms with Crippen LogP contribution < -0.4 is 11.1 Å². The highest BCUT2D eigenvalue weighted by atomic mass is 35.5. The van der Waals surface area contributed by atoms with Crippen molar-refractivity contribution in [3.05, 3.63) is 47.0 Å². The molecule has 1 aromatic heterocycles. The third-order valence-electron chi connectivity index (χ3n) is 4.88. The van der Waals surface area contributed by atoms with Crippen molar-refractivity contribution in [2.75, 3.05) is 5.73 Å². The Morgan fingerprint density at radius 1 is 1.22 bits per heavy atom. The lowest BCUT2D eigenvalue weighted by Crippen LogP contribution is -2.52. The molecule has 8 heteroatoms.